The third kappa shape index (κ3) is 3.22. The van der Waals surface area contributed by atoms with Crippen molar-refractivity contribution in [3.63, 3.8) is 0 Å². The summed E-state index contributed by atoms with van der Waals surface area (Å²) in [6.07, 6.45) is 4.91. The van der Waals surface area contributed by atoms with Gasteiger partial charge in [0.15, 0.2) is 5.41 Å². The lowest BCUT2D eigenvalue weighted by Crippen LogP contribution is -2.43. The quantitative estimate of drug-likeness (QED) is 0.756. The smallest absolute Gasteiger partial charge is 0.191 e. The number of fused-ring (bicyclic) bond motifs is 1. The van der Waals surface area contributed by atoms with Crippen molar-refractivity contribution in [2.45, 2.75) is 58.3 Å². The van der Waals surface area contributed by atoms with E-state index in [1.54, 1.807) is 0 Å². The van der Waals surface area contributed by atoms with Gasteiger partial charge in [-0.15, -0.1) is 0 Å². The molecular weight excluding hydrogens is 356 g/mol. The second-order valence-corrected chi connectivity index (χ2v) is 9.29. The predicted octanol–water partition coefficient (Wildman–Crippen LogP) is 5.21. The van der Waals surface area contributed by atoms with Crippen LogP contribution in [0.25, 0.3) is 0 Å². The number of nitriles is 3. The maximum absolute atomic E-state index is 10.1. The first-order valence-corrected chi connectivity index (χ1v) is 10.3. The molecule has 3 atom stereocenters. The minimum atomic E-state index is -1.54. The molecule has 0 aromatic heterocycles. The van der Waals surface area contributed by atoms with E-state index in [9.17, 15) is 15.8 Å². The molecule has 1 aromatic rings. The molecule has 0 spiro atoms. The monoisotopic (exact) mass is 384 g/mol. The number of nitrogens with zero attached hydrogens (tertiary/aromatic N) is 3. The summed E-state index contributed by atoms with van der Waals surface area (Å²) in [5.41, 5.74) is 8.33. The van der Waals surface area contributed by atoms with Crippen molar-refractivity contribution in [3.8, 4) is 18.2 Å². The van der Waals surface area contributed by atoms with Gasteiger partial charge in [0.2, 0.25) is 0 Å². The molecule has 0 saturated carbocycles. The molecule has 4 heteroatoms. The lowest BCUT2D eigenvalue weighted by Gasteiger charge is -2.45. The second-order valence-electron chi connectivity index (χ2n) is 9.29. The Morgan fingerprint density at radius 3 is 2.21 bits per heavy atom. The molecule has 0 amide bonds. The zero-order valence-electron chi connectivity index (χ0n) is 17.7. The molecule has 2 N–H and O–H groups in total. The lowest BCUT2D eigenvalue weighted by molar-refractivity contribution is 0.271. The number of nitrogens with two attached hydrogens (primary N) is 1. The lowest BCUT2D eigenvalue weighted by atomic mass is 9.55. The minimum absolute atomic E-state index is 0.0166. The highest BCUT2D eigenvalue weighted by Gasteiger charge is 2.54. The topological polar surface area (TPSA) is 97.4 Å². The molecule has 0 bridgehead atoms. The summed E-state index contributed by atoms with van der Waals surface area (Å²) in [4.78, 5) is 0. The van der Waals surface area contributed by atoms with E-state index in [2.05, 4.69) is 64.1 Å². The molecule has 0 radical (unpaired) electrons. The van der Waals surface area contributed by atoms with Crippen LogP contribution in [-0.4, -0.2) is 0 Å². The van der Waals surface area contributed by atoms with Crippen molar-refractivity contribution in [2.24, 2.45) is 23.0 Å². The number of benzene rings is 1. The van der Waals surface area contributed by atoms with Gasteiger partial charge in [0.1, 0.15) is 6.07 Å². The van der Waals surface area contributed by atoms with Crippen LogP contribution in [0, 0.1) is 51.2 Å². The fourth-order valence-electron chi connectivity index (χ4n) is 4.87. The molecule has 0 heterocycles. The largest absolute Gasteiger partial charge is 0.399 e. The molecule has 3 rings (SSSR count). The van der Waals surface area contributed by atoms with E-state index in [4.69, 9.17) is 5.73 Å². The van der Waals surface area contributed by atoms with Crippen molar-refractivity contribution < 1.29 is 0 Å². The molecule has 0 aliphatic heterocycles. The maximum Gasteiger partial charge on any atom is 0.191 e. The molecule has 4 nitrogen and oxygen atoms in total. The number of hydrogen-bond acceptors (Lipinski definition) is 4. The van der Waals surface area contributed by atoms with Crippen molar-refractivity contribution in [3.05, 3.63) is 58.3 Å². The molecular formula is C25H28N4. The summed E-state index contributed by atoms with van der Waals surface area (Å²) in [7, 11) is 0. The van der Waals surface area contributed by atoms with Crippen molar-refractivity contribution >= 4 is 0 Å². The van der Waals surface area contributed by atoms with E-state index < -0.39 is 5.41 Å². The average molecular weight is 385 g/mol. The van der Waals surface area contributed by atoms with E-state index in [1.165, 1.54) is 5.56 Å². The van der Waals surface area contributed by atoms with Crippen LogP contribution in [0.5, 0.6) is 0 Å². The van der Waals surface area contributed by atoms with E-state index in [1.807, 2.05) is 12.1 Å². The molecule has 29 heavy (non-hydrogen) atoms. The molecule has 2 aliphatic carbocycles. The van der Waals surface area contributed by atoms with Crippen molar-refractivity contribution in [2.75, 3.05) is 0 Å². The molecule has 0 fully saturated rings. The van der Waals surface area contributed by atoms with Crippen LogP contribution in [0.15, 0.2) is 47.2 Å². The van der Waals surface area contributed by atoms with Crippen molar-refractivity contribution in [1.82, 2.24) is 0 Å². The second kappa shape index (κ2) is 7.42. The summed E-state index contributed by atoms with van der Waals surface area (Å²) in [5.74, 6) is 0.0362. The van der Waals surface area contributed by atoms with Gasteiger partial charge in [-0.2, -0.15) is 15.8 Å². The van der Waals surface area contributed by atoms with Gasteiger partial charge in [-0.1, -0.05) is 64.5 Å². The summed E-state index contributed by atoms with van der Waals surface area (Å²) < 4.78 is 0. The molecule has 1 aromatic carbocycles. The zero-order chi connectivity index (χ0) is 21.4. The van der Waals surface area contributed by atoms with Gasteiger partial charge in [-0.25, -0.2) is 0 Å². The van der Waals surface area contributed by atoms with E-state index >= 15 is 0 Å². The van der Waals surface area contributed by atoms with Crippen LogP contribution in [0.2, 0.25) is 0 Å². The summed E-state index contributed by atoms with van der Waals surface area (Å²) in [5, 5.41) is 30.1. The Kier molecular flexibility index (Phi) is 5.30. The first-order chi connectivity index (χ1) is 13.7. The fraction of sp³-hybridized carbons (Fsp3) is 0.480. The van der Waals surface area contributed by atoms with Crippen LogP contribution >= 0.6 is 0 Å². The van der Waals surface area contributed by atoms with Gasteiger partial charge in [0.05, 0.1) is 23.4 Å². The fourth-order valence-corrected chi connectivity index (χ4v) is 4.87. The van der Waals surface area contributed by atoms with Gasteiger partial charge < -0.3 is 5.73 Å². The first-order valence-electron chi connectivity index (χ1n) is 10.3. The Bertz CT molecular complexity index is 970. The molecule has 1 unspecified atom stereocenters. The average Bonchev–Trinajstić information content (AvgIpc) is 2.72. The van der Waals surface area contributed by atoms with Gasteiger partial charge in [-0.05, 0) is 46.8 Å². The minimum Gasteiger partial charge on any atom is -0.399 e. The summed E-state index contributed by atoms with van der Waals surface area (Å²) >= 11 is 0. The highest BCUT2D eigenvalue weighted by atomic mass is 14.7. The summed E-state index contributed by atoms with van der Waals surface area (Å²) in [6, 6.07) is 14.9. The van der Waals surface area contributed by atoms with Gasteiger partial charge in [0.25, 0.3) is 0 Å². The van der Waals surface area contributed by atoms with Crippen LogP contribution in [-0.2, 0) is 5.41 Å². The third-order valence-electron chi connectivity index (χ3n) is 6.69. The van der Waals surface area contributed by atoms with Gasteiger partial charge in [0, 0.05) is 5.92 Å². The Hall–Kier alpha value is -3.03. The Balaban J connectivity index is 2.25. The van der Waals surface area contributed by atoms with Crippen molar-refractivity contribution in [1.29, 1.82) is 15.8 Å². The van der Waals surface area contributed by atoms with E-state index in [-0.39, 0.29) is 22.9 Å². The standard InChI is InChI=1S/C25H28N4/c1-5-16-6-11-19-20(12-16)22(17-7-9-18(10-8-17)24(2,3)4)25(14-27,15-28)23(29)21(19)13-26/h7-11,16,20,22H,5-6,12,29H2,1-4H3/t16?,20-,22+/m0/s1. The maximum atomic E-state index is 10.1. The van der Waals surface area contributed by atoms with Crippen LogP contribution < -0.4 is 5.73 Å². The van der Waals surface area contributed by atoms with Gasteiger partial charge in [-0.3, -0.25) is 0 Å². The molecule has 148 valence electrons. The number of rotatable bonds is 2. The Morgan fingerprint density at radius 2 is 1.72 bits per heavy atom. The Morgan fingerprint density at radius 1 is 1.10 bits per heavy atom. The zero-order valence-corrected chi connectivity index (χ0v) is 17.7. The highest BCUT2D eigenvalue weighted by Crippen LogP contribution is 2.56. The van der Waals surface area contributed by atoms with Crippen LogP contribution in [0.1, 0.15) is 64.0 Å². The number of hydrogen-bond donors (Lipinski definition) is 1. The SMILES string of the molecule is CCC1CC=C2C(C#N)=C(N)C(C#N)(C#N)[C@H](c3ccc(C(C)(C)C)cc3)[C@H]2C1. The molecule has 0 saturated heterocycles. The van der Waals surface area contributed by atoms with E-state index in [0.29, 0.717) is 11.5 Å². The Labute approximate surface area is 173 Å². The number of allylic oxidation sites excluding steroid dienone is 4. The normalized spacial score (nSPS) is 25.8. The highest BCUT2D eigenvalue weighted by molar-refractivity contribution is 5.59. The van der Waals surface area contributed by atoms with Gasteiger partial charge >= 0.3 is 0 Å². The first kappa shape index (κ1) is 20.7. The van der Waals surface area contributed by atoms with E-state index in [0.717, 1.165) is 30.4 Å². The van der Waals surface area contributed by atoms with Crippen LogP contribution in [0.4, 0.5) is 0 Å². The predicted molar refractivity (Wildman–Crippen MR) is 113 cm³/mol. The third-order valence-corrected chi connectivity index (χ3v) is 6.69. The van der Waals surface area contributed by atoms with Crippen LogP contribution in [0.3, 0.4) is 0 Å². The molecule has 2 aliphatic rings. The summed E-state index contributed by atoms with van der Waals surface area (Å²) in [6.45, 7) is 8.64.